The molecule has 0 spiro atoms. The van der Waals surface area contributed by atoms with Gasteiger partial charge in [0.25, 0.3) is 5.91 Å². The van der Waals surface area contributed by atoms with Crippen LogP contribution in [0, 0.1) is 0 Å². The molecule has 0 aliphatic carbocycles. The summed E-state index contributed by atoms with van der Waals surface area (Å²) in [5, 5.41) is -0.254. The van der Waals surface area contributed by atoms with Crippen LogP contribution in [0.1, 0.15) is 38.0 Å². The largest absolute Gasteiger partial charge is 0.418 e. The van der Waals surface area contributed by atoms with Crippen molar-refractivity contribution < 1.29 is 22.7 Å². The Balaban J connectivity index is 2.43. The molecule has 1 aromatic rings. The van der Waals surface area contributed by atoms with E-state index in [1.807, 2.05) is 20.8 Å². The van der Waals surface area contributed by atoms with E-state index in [0.717, 1.165) is 6.07 Å². The van der Waals surface area contributed by atoms with Crippen molar-refractivity contribution in [2.75, 3.05) is 12.5 Å². The fourth-order valence-corrected chi connectivity index (χ4v) is 2.44. The highest BCUT2D eigenvalue weighted by Gasteiger charge is 2.41. The minimum absolute atomic E-state index is 0.0103. The molecule has 1 aromatic carbocycles. The standard InChI is InChI=1S/C14H16ClF3N2O2/c1-13(2,3)20-6-22-11(12(20)21)7-4-8(14(16,17)18)10(19)9(15)5-7/h4-5,11H,6,19H2,1-3H3. The average molecular weight is 337 g/mol. The molecule has 22 heavy (non-hydrogen) atoms. The van der Waals surface area contributed by atoms with Gasteiger partial charge in [-0.25, -0.2) is 0 Å². The first-order valence-electron chi connectivity index (χ1n) is 6.52. The summed E-state index contributed by atoms with van der Waals surface area (Å²) in [6, 6.07) is 2.05. The van der Waals surface area contributed by atoms with Gasteiger partial charge >= 0.3 is 6.18 Å². The van der Waals surface area contributed by atoms with Crippen LogP contribution < -0.4 is 5.73 Å². The maximum absolute atomic E-state index is 13.0. The number of halogens is 4. The lowest BCUT2D eigenvalue weighted by Crippen LogP contribution is -2.42. The van der Waals surface area contributed by atoms with Crippen LogP contribution in [0.4, 0.5) is 18.9 Å². The van der Waals surface area contributed by atoms with Crippen LogP contribution in [-0.4, -0.2) is 23.1 Å². The molecule has 1 aliphatic heterocycles. The number of hydrogen-bond acceptors (Lipinski definition) is 3. The van der Waals surface area contributed by atoms with Crippen LogP contribution in [0.3, 0.4) is 0 Å². The number of rotatable bonds is 1. The van der Waals surface area contributed by atoms with Crippen molar-refractivity contribution in [1.29, 1.82) is 0 Å². The SMILES string of the molecule is CC(C)(C)N1COC(c2cc(Cl)c(N)c(C(F)(F)F)c2)C1=O. The number of carbonyl (C=O) groups excluding carboxylic acids is 1. The lowest BCUT2D eigenvalue weighted by Gasteiger charge is -2.30. The zero-order valence-corrected chi connectivity index (χ0v) is 13.0. The molecule has 2 N–H and O–H groups in total. The smallest absolute Gasteiger partial charge is 0.397 e. The highest BCUT2D eigenvalue weighted by atomic mass is 35.5. The van der Waals surface area contributed by atoms with E-state index in [9.17, 15) is 18.0 Å². The van der Waals surface area contributed by atoms with Crippen molar-refractivity contribution in [2.24, 2.45) is 0 Å². The van der Waals surface area contributed by atoms with Gasteiger partial charge in [-0.05, 0) is 38.5 Å². The second-order valence-corrected chi connectivity index (χ2v) is 6.48. The van der Waals surface area contributed by atoms with Gasteiger partial charge in [0.1, 0.15) is 6.73 Å². The quantitative estimate of drug-likeness (QED) is 0.797. The van der Waals surface area contributed by atoms with E-state index < -0.39 is 35.0 Å². The summed E-state index contributed by atoms with van der Waals surface area (Å²) in [7, 11) is 0. The first-order chi connectivity index (χ1) is 9.93. The predicted molar refractivity (Wildman–Crippen MR) is 76.2 cm³/mol. The van der Waals surface area contributed by atoms with Gasteiger partial charge in [-0.2, -0.15) is 13.2 Å². The summed E-state index contributed by atoms with van der Waals surface area (Å²) in [6.07, 6.45) is -5.77. The molecule has 0 aromatic heterocycles. The highest BCUT2D eigenvalue weighted by Crippen LogP contribution is 2.41. The summed E-state index contributed by atoms with van der Waals surface area (Å²) >= 11 is 5.77. The van der Waals surface area contributed by atoms with Crippen LogP contribution in [0.25, 0.3) is 0 Å². The Morgan fingerprint density at radius 2 is 1.91 bits per heavy atom. The lowest BCUT2D eigenvalue weighted by atomic mass is 10.0. The minimum Gasteiger partial charge on any atom is -0.397 e. The molecule has 2 rings (SSSR count). The molecule has 1 unspecified atom stereocenters. The maximum Gasteiger partial charge on any atom is 0.418 e. The lowest BCUT2D eigenvalue weighted by molar-refractivity contribution is -0.137. The number of nitrogen functional groups attached to an aromatic ring is 1. The van der Waals surface area contributed by atoms with Crippen molar-refractivity contribution in [3.05, 3.63) is 28.3 Å². The summed E-state index contributed by atoms with van der Waals surface area (Å²) in [5.74, 6) is -0.401. The van der Waals surface area contributed by atoms with Crippen LogP contribution in [0.2, 0.25) is 5.02 Å². The number of nitrogens with zero attached hydrogens (tertiary/aromatic N) is 1. The van der Waals surface area contributed by atoms with E-state index >= 15 is 0 Å². The first-order valence-corrected chi connectivity index (χ1v) is 6.90. The van der Waals surface area contributed by atoms with E-state index in [1.165, 1.54) is 11.0 Å². The number of hydrogen-bond donors (Lipinski definition) is 1. The summed E-state index contributed by atoms with van der Waals surface area (Å²) in [4.78, 5) is 13.8. The fraction of sp³-hybridized carbons (Fsp3) is 0.500. The molecule has 122 valence electrons. The summed E-state index contributed by atoms with van der Waals surface area (Å²) < 4.78 is 44.3. The number of ether oxygens (including phenoxy) is 1. The van der Waals surface area contributed by atoms with Crippen LogP contribution in [0.5, 0.6) is 0 Å². The molecule has 1 amide bonds. The zero-order valence-electron chi connectivity index (χ0n) is 12.3. The number of benzene rings is 1. The Labute approximate surface area is 131 Å². The van der Waals surface area contributed by atoms with Gasteiger partial charge in [0.2, 0.25) is 0 Å². The molecule has 4 nitrogen and oxygen atoms in total. The zero-order chi connectivity index (χ0) is 16.9. The Kier molecular flexibility index (Phi) is 4.08. The van der Waals surface area contributed by atoms with Crippen LogP contribution >= 0.6 is 11.6 Å². The van der Waals surface area contributed by atoms with Gasteiger partial charge in [-0.3, -0.25) is 4.79 Å². The maximum atomic E-state index is 13.0. The van der Waals surface area contributed by atoms with Crippen molar-refractivity contribution in [3.8, 4) is 0 Å². The van der Waals surface area contributed by atoms with Crippen molar-refractivity contribution in [2.45, 2.75) is 38.6 Å². The number of carbonyl (C=O) groups is 1. The Morgan fingerprint density at radius 3 is 2.36 bits per heavy atom. The van der Waals surface area contributed by atoms with Crippen LogP contribution in [-0.2, 0) is 15.7 Å². The normalized spacial score (nSPS) is 19.9. The second-order valence-electron chi connectivity index (χ2n) is 6.07. The average Bonchev–Trinajstić information content (AvgIpc) is 2.72. The predicted octanol–water partition coefficient (Wildman–Crippen LogP) is 3.60. The van der Waals surface area contributed by atoms with Gasteiger partial charge in [-0.15, -0.1) is 0 Å². The molecular formula is C14H16ClF3N2O2. The molecule has 0 saturated carbocycles. The number of amides is 1. The Bertz CT molecular complexity index is 611. The molecule has 1 aliphatic rings. The first kappa shape index (κ1) is 16.9. The molecule has 8 heteroatoms. The van der Waals surface area contributed by atoms with Crippen molar-refractivity contribution in [3.63, 3.8) is 0 Å². The van der Waals surface area contributed by atoms with Crippen molar-refractivity contribution >= 4 is 23.2 Å². The number of anilines is 1. The van der Waals surface area contributed by atoms with Gasteiger partial charge in [0.05, 0.1) is 16.3 Å². The van der Waals surface area contributed by atoms with Gasteiger partial charge in [-0.1, -0.05) is 11.6 Å². The second kappa shape index (κ2) is 5.31. The Hall–Kier alpha value is -1.47. The monoisotopic (exact) mass is 336 g/mol. The van der Waals surface area contributed by atoms with E-state index in [1.54, 1.807) is 0 Å². The van der Waals surface area contributed by atoms with Crippen LogP contribution in [0.15, 0.2) is 12.1 Å². The van der Waals surface area contributed by atoms with Gasteiger partial charge in [0, 0.05) is 5.54 Å². The third-order valence-corrected chi connectivity index (χ3v) is 3.74. The topological polar surface area (TPSA) is 55.6 Å². The minimum atomic E-state index is -4.66. The Morgan fingerprint density at radius 1 is 1.32 bits per heavy atom. The molecular weight excluding hydrogens is 321 g/mol. The third-order valence-electron chi connectivity index (χ3n) is 3.43. The van der Waals surface area contributed by atoms with Gasteiger partial charge < -0.3 is 15.4 Å². The number of alkyl halides is 3. The summed E-state index contributed by atoms with van der Waals surface area (Å²) in [6.45, 7) is 5.45. The molecule has 0 radical (unpaired) electrons. The van der Waals surface area contributed by atoms with E-state index in [2.05, 4.69) is 0 Å². The van der Waals surface area contributed by atoms with E-state index in [0.29, 0.717) is 0 Å². The molecule has 1 heterocycles. The number of nitrogens with two attached hydrogens (primary N) is 1. The molecule has 1 saturated heterocycles. The molecule has 1 atom stereocenters. The highest BCUT2D eigenvalue weighted by molar-refractivity contribution is 6.33. The molecule has 1 fully saturated rings. The van der Waals surface area contributed by atoms with Gasteiger partial charge in [0.15, 0.2) is 6.10 Å². The third kappa shape index (κ3) is 3.01. The van der Waals surface area contributed by atoms with Crippen molar-refractivity contribution in [1.82, 2.24) is 4.90 Å². The summed E-state index contributed by atoms with van der Waals surface area (Å²) in [5.41, 5.74) is 3.31. The van der Waals surface area contributed by atoms with E-state index in [-0.39, 0.29) is 17.3 Å². The van der Waals surface area contributed by atoms with E-state index in [4.69, 9.17) is 22.1 Å². The molecule has 0 bridgehead atoms. The fourth-order valence-electron chi connectivity index (χ4n) is 2.21.